The lowest BCUT2D eigenvalue weighted by Gasteiger charge is -2.39. The van der Waals surface area contributed by atoms with Gasteiger partial charge in [-0.05, 0) is 44.9 Å². The molecular formula is C24H31ClN6O3S. The fourth-order valence-electron chi connectivity index (χ4n) is 4.24. The predicted molar refractivity (Wildman–Crippen MR) is 139 cm³/mol. The Kier molecular flexibility index (Phi) is 8.25. The number of nitrogens with zero attached hydrogens (tertiary/aromatic N) is 3. The highest BCUT2D eigenvalue weighted by atomic mass is 35.5. The number of carbonyl (C=O) groups excluding carboxylic acids is 2. The number of anilines is 1. The minimum Gasteiger partial charge on any atom is -0.462 e. The van der Waals surface area contributed by atoms with E-state index in [1.807, 2.05) is 19.1 Å². The molecule has 1 aliphatic heterocycles. The molecule has 0 spiro atoms. The smallest absolute Gasteiger partial charge is 0.339 e. The molecule has 11 heteroatoms. The lowest BCUT2D eigenvalue weighted by atomic mass is 9.99. The summed E-state index contributed by atoms with van der Waals surface area (Å²) >= 11 is 7.62. The molecule has 1 aromatic carbocycles. The molecule has 1 saturated heterocycles. The number of hydrogen-bond donors (Lipinski definition) is 3. The van der Waals surface area contributed by atoms with Crippen LogP contribution >= 0.6 is 22.9 Å². The van der Waals surface area contributed by atoms with Crippen molar-refractivity contribution < 1.29 is 14.3 Å². The van der Waals surface area contributed by atoms with Gasteiger partial charge in [-0.3, -0.25) is 4.79 Å². The summed E-state index contributed by atoms with van der Waals surface area (Å²) in [4.78, 5) is 39.5. The highest BCUT2D eigenvalue weighted by molar-refractivity contribution is 7.22. The Morgan fingerprint density at radius 1 is 1.26 bits per heavy atom. The van der Waals surface area contributed by atoms with Gasteiger partial charge >= 0.3 is 5.97 Å². The van der Waals surface area contributed by atoms with E-state index in [0.717, 1.165) is 47.0 Å². The van der Waals surface area contributed by atoms with Crippen LogP contribution in [0.3, 0.4) is 0 Å². The van der Waals surface area contributed by atoms with Crippen molar-refractivity contribution >= 4 is 50.2 Å². The molecule has 0 radical (unpaired) electrons. The van der Waals surface area contributed by atoms with Crippen molar-refractivity contribution in [3.05, 3.63) is 40.4 Å². The highest BCUT2D eigenvalue weighted by Gasteiger charge is 2.32. The summed E-state index contributed by atoms with van der Waals surface area (Å²) < 4.78 is 6.05. The molecule has 3 heterocycles. The summed E-state index contributed by atoms with van der Waals surface area (Å²) in [6, 6.07) is 5.48. The summed E-state index contributed by atoms with van der Waals surface area (Å²) in [5, 5.41) is 7.91. The van der Waals surface area contributed by atoms with Gasteiger partial charge in [-0.1, -0.05) is 42.9 Å². The molecule has 0 saturated carbocycles. The van der Waals surface area contributed by atoms with E-state index in [2.05, 4.69) is 32.4 Å². The first-order valence-electron chi connectivity index (χ1n) is 12.0. The van der Waals surface area contributed by atoms with Gasteiger partial charge in [-0.15, -0.1) is 0 Å². The summed E-state index contributed by atoms with van der Waals surface area (Å²) in [5.41, 5.74) is 2.08. The van der Waals surface area contributed by atoms with Gasteiger partial charge < -0.3 is 25.3 Å². The summed E-state index contributed by atoms with van der Waals surface area (Å²) in [5.74, 6) is -0.352. The van der Waals surface area contributed by atoms with E-state index in [1.165, 1.54) is 11.3 Å². The normalized spacial score (nSPS) is 18.1. The van der Waals surface area contributed by atoms with Gasteiger partial charge in [-0.2, -0.15) is 0 Å². The first-order valence-corrected chi connectivity index (χ1v) is 13.2. The minimum absolute atomic E-state index is 0.0280. The fourth-order valence-corrected chi connectivity index (χ4v) is 5.61. The maximum Gasteiger partial charge on any atom is 0.339 e. The van der Waals surface area contributed by atoms with Gasteiger partial charge in [0.15, 0.2) is 16.1 Å². The van der Waals surface area contributed by atoms with E-state index in [0.29, 0.717) is 30.3 Å². The summed E-state index contributed by atoms with van der Waals surface area (Å²) in [6.45, 7) is 8.44. The van der Waals surface area contributed by atoms with Gasteiger partial charge in [0.1, 0.15) is 0 Å². The average molecular weight is 519 g/mol. The van der Waals surface area contributed by atoms with E-state index < -0.39 is 0 Å². The van der Waals surface area contributed by atoms with Gasteiger partial charge in [0.05, 0.1) is 28.1 Å². The third-order valence-electron chi connectivity index (χ3n) is 6.05. The molecule has 1 amide bonds. The topological polar surface area (TPSA) is 112 Å². The van der Waals surface area contributed by atoms with Crippen LogP contribution in [0.15, 0.2) is 18.2 Å². The Morgan fingerprint density at radius 3 is 2.80 bits per heavy atom. The standard InChI is InChI=1S/C24H31ClN6O3S/c1-4-11-26-18-13-31(12-10-16(18)28-22(32)21-27-15(5-2)20(25)30-21)24-29-17-9-7-8-14(19(17)35-24)23(33)34-6-3/h7-9,16,18,26H,4-6,10-13H2,1-3H3,(H,27,30)(H,28,32)/t16-,18+/m1/s1. The fraction of sp³-hybridized carbons (Fsp3) is 0.500. The molecule has 4 rings (SSSR count). The number of halogens is 1. The number of carbonyl (C=O) groups is 2. The van der Waals surface area contributed by atoms with Crippen LogP contribution < -0.4 is 15.5 Å². The summed E-state index contributed by atoms with van der Waals surface area (Å²) in [7, 11) is 0. The quantitative estimate of drug-likeness (QED) is 0.369. The predicted octanol–water partition coefficient (Wildman–Crippen LogP) is 3.79. The van der Waals surface area contributed by atoms with E-state index in [9.17, 15) is 9.59 Å². The molecule has 1 aliphatic rings. The molecule has 0 unspecified atom stereocenters. The molecule has 0 bridgehead atoms. The zero-order valence-corrected chi connectivity index (χ0v) is 21.8. The van der Waals surface area contributed by atoms with Gasteiger partial charge in [0.2, 0.25) is 0 Å². The second-order valence-corrected chi connectivity index (χ2v) is 9.79. The van der Waals surface area contributed by atoms with Crippen molar-refractivity contribution in [1.29, 1.82) is 0 Å². The molecule has 35 heavy (non-hydrogen) atoms. The number of thiazole rings is 1. The maximum absolute atomic E-state index is 12.9. The van der Waals surface area contributed by atoms with E-state index >= 15 is 0 Å². The molecule has 0 aliphatic carbocycles. The Bertz CT molecular complexity index is 1200. The Morgan fingerprint density at radius 2 is 2.09 bits per heavy atom. The first kappa shape index (κ1) is 25.4. The van der Waals surface area contributed by atoms with Crippen LogP contribution in [0.4, 0.5) is 5.13 Å². The highest BCUT2D eigenvalue weighted by Crippen LogP contribution is 2.33. The Balaban J connectivity index is 1.51. The molecule has 2 aromatic heterocycles. The number of fused-ring (bicyclic) bond motifs is 1. The number of aromatic nitrogens is 3. The molecule has 2 atom stereocenters. The van der Waals surface area contributed by atoms with Crippen molar-refractivity contribution in [3.63, 3.8) is 0 Å². The van der Waals surface area contributed by atoms with Crippen molar-refractivity contribution in [2.45, 2.75) is 52.1 Å². The second-order valence-electron chi connectivity index (χ2n) is 8.45. The molecule has 9 nitrogen and oxygen atoms in total. The number of H-pyrrole nitrogens is 1. The van der Waals surface area contributed by atoms with Crippen molar-refractivity contribution in [2.24, 2.45) is 0 Å². The number of benzene rings is 1. The van der Waals surface area contributed by atoms with Crippen LogP contribution in [0.25, 0.3) is 10.2 Å². The first-order chi connectivity index (χ1) is 16.9. The van der Waals surface area contributed by atoms with Crippen LogP contribution in [0, 0.1) is 0 Å². The summed E-state index contributed by atoms with van der Waals surface area (Å²) in [6.07, 6.45) is 2.40. The number of piperidine rings is 1. The number of aryl methyl sites for hydroxylation is 1. The molecule has 3 N–H and O–H groups in total. The van der Waals surface area contributed by atoms with Crippen LogP contribution in [0.5, 0.6) is 0 Å². The lowest BCUT2D eigenvalue weighted by Crippen LogP contribution is -2.59. The van der Waals surface area contributed by atoms with Gasteiger partial charge in [0, 0.05) is 25.2 Å². The van der Waals surface area contributed by atoms with Crippen molar-refractivity contribution in [1.82, 2.24) is 25.6 Å². The zero-order chi connectivity index (χ0) is 24.9. The van der Waals surface area contributed by atoms with Crippen LogP contribution in [0.2, 0.25) is 5.15 Å². The van der Waals surface area contributed by atoms with Crippen LogP contribution in [-0.2, 0) is 11.2 Å². The number of hydrogen-bond acceptors (Lipinski definition) is 8. The number of esters is 1. The van der Waals surface area contributed by atoms with E-state index in [1.54, 1.807) is 13.0 Å². The van der Waals surface area contributed by atoms with Crippen molar-refractivity contribution in [2.75, 3.05) is 31.1 Å². The van der Waals surface area contributed by atoms with Gasteiger partial charge in [-0.25, -0.2) is 14.8 Å². The van der Waals surface area contributed by atoms with E-state index in [4.69, 9.17) is 21.3 Å². The Hall–Kier alpha value is -2.69. The number of ether oxygens (including phenoxy) is 1. The average Bonchev–Trinajstić information content (AvgIpc) is 3.46. The second kappa shape index (κ2) is 11.4. The third-order valence-corrected chi connectivity index (χ3v) is 7.53. The van der Waals surface area contributed by atoms with Crippen LogP contribution in [-0.4, -0.2) is 65.2 Å². The molecule has 3 aromatic rings. The van der Waals surface area contributed by atoms with Crippen molar-refractivity contribution in [3.8, 4) is 0 Å². The number of imidazole rings is 1. The van der Waals surface area contributed by atoms with Gasteiger partial charge in [0.25, 0.3) is 5.91 Å². The number of nitrogens with one attached hydrogen (secondary N) is 3. The third kappa shape index (κ3) is 5.60. The molecule has 1 fully saturated rings. The lowest BCUT2D eigenvalue weighted by molar-refractivity contribution is 0.0528. The largest absolute Gasteiger partial charge is 0.462 e. The van der Waals surface area contributed by atoms with Crippen LogP contribution in [0.1, 0.15) is 60.3 Å². The van der Waals surface area contributed by atoms with E-state index in [-0.39, 0.29) is 29.8 Å². The maximum atomic E-state index is 12.9. The minimum atomic E-state index is -0.332. The Labute approximate surface area is 213 Å². The number of aromatic amines is 1. The number of amides is 1. The monoisotopic (exact) mass is 518 g/mol. The molecular weight excluding hydrogens is 488 g/mol. The number of rotatable bonds is 9. The SMILES string of the molecule is CCCN[C@H]1CN(c2nc3cccc(C(=O)OCC)c3s2)CC[C@H]1NC(=O)c1nc(Cl)c(CC)[nH]1. The zero-order valence-electron chi connectivity index (χ0n) is 20.2. The molecule has 188 valence electrons.